The molecule has 2 unspecified atom stereocenters. The van der Waals surface area contributed by atoms with Crippen molar-refractivity contribution in [2.75, 3.05) is 260 Å². The minimum absolute atomic E-state index is 0.0148. The smallest absolute Gasteiger partial charge is 0.152 e. The average molecular weight is 1560 g/mol. The van der Waals surface area contributed by atoms with Crippen molar-refractivity contribution in [2.24, 2.45) is 5.73 Å². The highest BCUT2D eigenvalue weighted by atomic mass is 16.8. The van der Waals surface area contributed by atoms with Crippen molar-refractivity contribution < 1.29 is 118 Å². The summed E-state index contributed by atoms with van der Waals surface area (Å²) in [6.07, 6.45) is 8.62. The predicted octanol–water partition coefficient (Wildman–Crippen LogP) is 11.7. The molecular formula is C85H127NO25. The van der Waals surface area contributed by atoms with Crippen LogP contribution in [0.1, 0.15) is 105 Å². The highest BCUT2D eigenvalue weighted by Gasteiger charge is 2.43. The molecular weight excluding hydrogens is 1430 g/mol. The molecule has 5 aromatic rings. The van der Waals surface area contributed by atoms with E-state index in [4.69, 9.17) is 119 Å². The number of rotatable bonds is 74. The fraction of sp³-hybridized carbons (Fsp3) is 0.635. The number of carbonyl (C=O) groups excluding carboxylic acids is 1. The predicted molar refractivity (Wildman–Crippen MR) is 418 cm³/mol. The maximum Gasteiger partial charge on any atom is 0.152 e. The summed E-state index contributed by atoms with van der Waals surface area (Å²) in [5.74, 6) is 0.233. The van der Waals surface area contributed by atoms with Crippen molar-refractivity contribution in [2.45, 2.75) is 95.8 Å². The Bertz CT molecular complexity index is 3220. The molecule has 0 aromatic heterocycles. The largest absolute Gasteiger partial charge is 0.382 e. The number of methoxy groups -OCH3 is 2. The molecule has 7 rings (SSSR count). The van der Waals surface area contributed by atoms with Gasteiger partial charge in [-0.2, -0.15) is 0 Å². The number of ether oxygens (including phenoxy) is 24. The van der Waals surface area contributed by atoms with E-state index in [0.29, 0.717) is 185 Å². The molecule has 0 amide bonds. The lowest BCUT2D eigenvalue weighted by Crippen LogP contribution is -2.27. The van der Waals surface area contributed by atoms with Gasteiger partial charge in [0.05, 0.1) is 159 Å². The number of hydrogen-bond acceptors (Lipinski definition) is 26. The standard InChI is InChI=1S/C85H127NO25/c1-69-13-21-78-79-24-20-75(74-19-23-77-76-22-18-73(72-16-14-71(15-17-72)12-8-11-70(2)87)56-80(76)84(3,81(77)57-74)25-6-7-28-86)58-83(79)85(82(78)55-69,27-10-30-101-59-103-61-105-63-107-65-109-67-111-68-110-66-108-64-106-62-104-60-102-34-32-89-5)26-9-29-90-35-36-92-39-40-94-43-44-96-47-48-98-51-52-100-54-53-99-50-49-97-46-45-95-42-41-93-38-37-91-33-31-88-4/h13-24,55-58H,6-12,25-54,59-68,86H2,1-5H3. The average Bonchev–Trinajstić information content (AvgIpc) is 1.57. The van der Waals surface area contributed by atoms with Crippen LogP contribution in [0.3, 0.4) is 0 Å². The van der Waals surface area contributed by atoms with Crippen molar-refractivity contribution in [3.05, 3.63) is 130 Å². The third-order valence-corrected chi connectivity index (χ3v) is 18.8. The lowest BCUT2D eigenvalue weighted by atomic mass is 9.70. The number of carbonyl (C=O) groups is 1. The highest BCUT2D eigenvalue weighted by molar-refractivity contribution is 5.88. The van der Waals surface area contributed by atoms with Crippen LogP contribution in [0.2, 0.25) is 0 Å². The Hall–Kier alpha value is -5.23. The molecule has 26 nitrogen and oxygen atoms in total. The van der Waals surface area contributed by atoms with Crippen molar-refractivity contribution in [1.82, 2.24) is 0 Å². The zero-order chi connectivity index (χ0) is 78.2. The Morgan fingerprint density at radius 1 is 0.306 bits per heavy atom. The molecule has 0 bridgehead atoms. The maximum atomic E-state index is 11.6. The van der Waals surface area contributed by atoms with Crippen LogP contribution in [0, 0.1) is 6.92 Å². The van der Waals surface area contributed by atoms with E-state index in [1.807, 2.05) is 0 Å². The summed E-state index contributed by atoms with van der Waals surface area (Å²) in [5, 5.41) is 0. The molecule has 0 heterocycles. The third kappa shape index (κ3) is 35.4. The summed E-state index contributed by atoms with van der Waals surface area (Å²) < 4.78 is 131. The number of ketones is 1. The first-order valence-electron chi connectivity index (χ1n) is 39.2. The number of Topliss-reactive ketones (excluding diaryl/α,β-unsaturated/α-hetero) is 1. The molecule has 2 atom stereocenters. The second-order valence-electron chi connectivity index (χ2n) is 27.0. The van der Waals surface area contributed by atoms with Gasteiger partial charge in [0.2, 0.25) is 0 Å². The van der Waals surface area contributed by atoms with Crippen LogP contribution in [0.4, 0.5) is 0 Å². The SMILES string of the molecule is COCCOCCOCCOCCOCCOCCOCCOCCOCCOCCOCCOCCCC1(CCCOCOCOCOCOCOCOCOCOCOCOCCOC)c2cc(C)ccc2-c2ccc(-c3ccc4c(c3)C(C)(CCCCN)c3cc(-c5ccc(CCCC(C)=O)cc5)ccc3-4)cc21. The van der Waals surface area contributed by atoms with E-state index in [-0.39, 0.29) is 84.5 Å². The van der Waals surface area contributed by atoms with Gasteiger partial charge < -0.3 is 124 Å². The van der Waals surface area contributed by atoms with Crippen LogP contribution in [0.25, 0.3) is 44.5 Å². The molecule has 0 radical (unpaired) electrons. The number of benzene rings is 5. The topological polar surface area (TPSA) is 265 Å². The van der Waals surface area contributed by atoms with Crippen molar-refractivity contribution in [1.29, 1.82) is 0 Å². The number of fused-ring (bicyclic) bond motifs is 6. The van der Waals surface area contributed by atoms with Gasteiger partial charge in [0, 0.05) is 44.7 Å². The lowest BCUT2D eigenvalue weighted by molar-refractivity contribution is -0.232. The van der Waals surface area contributed by atoms with Gasteiger partial charge in [0.1, 0.15) is 19.4 Å². The van der Waals surface area contributed by atoms with Crippen LogP contribution >= 0.6 is 0 Å². The normalized spacial score (nSPS) is 14.9. The molecule has 111 heavy (non-hydrogen) atoms. The lowest BCUT2D eigenvalue weighted by Gasteiger charge is -2.33. The molecule has 5 aromatic carbocycles. The number of aryl methyl sites for hydroxylation is 2. The van der Waals surface area contributed by atoms with Crippen LogP contribution < -0.4 is 5.73 Å². The first-order chi connectivity index (χ1) is 54.7. The number of nitrogens with two attached hydrogens (primary N) is 1. The van der Waals surface area contributed by atoms with Crippen molar-refractivity contribution in [3.8, 4) is 44.5 Å². The van der Waals surface area contributed by atoms with E-state index >= 15 is 0 Å². The quantitative estimate of drug-likeness (QED) is 0.0280. The first kappa shape index (κ1) is 92.9. The molecule has 2 aliphatic carbocycles. The number of unbranched alkanes of at least 4 members (excludes halogenated alkanes) is 1. The van der Waals surface area contributed by atoms with Gasteiger partial charge in [-0.3, -0.25) is 0 Å². The minimum Gasteiger partial charge on any atom is -0.382 e. The van der Waals surface area contributed by atoms with Crippen molar-refractivity contribution >= 4 is 5.78 Å². The Labute approximate surface area is 658 Å². The maximum absolute atomic E-state index is 11.6. The molecule has 0 saturated carbocycles. The van der Waals surface area contributed by atoms with Crippen LogP contribution in [-0.4, -0.2) is 266 Å². The Morgan fingerprint density at radius 2 is 0.604 bits per heavy atom. The van der Waals surface area contributed by atoms with Crippen molar-refractivity contribution in [3.63, 3.8) is 0 Å². The van der Waals surface area contributed by atoms with E-state index in [9.17, 15) is 4.79 Å². The van der Waals surface area contributed by atoms with E-state index in [1.165, 1.54) is 77.9 Å². The van der Waals surface area contributed by atoms with Gasteiger partial charge in [-0.1, -0.05) is 97.8 Å². The van der Waals surface area contributed by atoms with E-state index in [1.54, 1.807) is 21.1 Å². The van der Waals surface area contributed by atoms with E-state index < -0.39 is 0 Å². The highest BCUT2D eigenvalue weighted by Crippen LogP contribution is 2.56. The second-order valence-corrected chi connectivity index (χ2v) is 27.0. The summed E-state index contributed by atoms with van der Waals surface area (Å²) in [6.45, 7) is 19.7. The van der Waals surface area contributed by atoms with Gasteiger partial charge in [0.25, 0.3) is 0 Å². The monoisotopic (exact) mass is 1560 g/mol. The Kier molecular flexibility index (Phi) is 49.1. The molecule has 2 aliphatic rings. The first-order valence-corrected chi connectivity index (χ1v) is 39.2. The van der Waals surface area contributed by atoms with Gasteiger partial charge in [-0.05, 0) is 162 Å². The Morgan fingerprint density at radius 3 is 0.982 bits per heavy atom. The summed E-state index contributed by atoms with van der Waals surface area (Å²) in [4.78, 5) is 11.6. The zero-order valence-corrected chi connectivity index (χ0v) is 66.8. The molecule has 0 saturated heterocycles. The summed E-state index contributed by atoms with van der Waals surface area (Å²) in [6, 6.07) is 37.1. The van der Waals surface area contributed by atoms with Gasteiger partial charge in [-0.25, -0.2) is 0 Å². The number of hydrogen-bond donors (Lipinski definition) is 1. The summed E-state index contributed by atoms with van der Waals surface area (Å²) >= 11 is 0. The summed E-state index contributed by atoms with van der Waals surface area (Å²) in [7, 11) is 3.25. The van der Waals surface area contributed by atoms with Gasteiger partial charge in [-0.15, -0.1) is 0 Å². The molecule has 0 fully saturated rings. The second kappa shape index (κ2) is 58.6. The third-order valence-electron chi connectivity index (χ3n) is 18.8. The molecule has 622 valence electrons. The fourth-order valence-electron chi connectivity index (χ4n) is 13.3. The molecule has 0 aliphatic heterocycles. The van der Waals surface area contributed by atoms with E-state index in [0.717, 1.165) is 57.8 Å². The molecule has 26 heteroatoms. The van der Waals surface area contributed by atoms with E-state index in [2.05, 4.69) is 111 Å². The van der Waals surface area contributed by atoms with Crippen LogP contribution in [-0.2, 0) is 136 Å². The Balaban J connectivity index is 0.833. The minimum atomic E-state index is -0.335. The molecule has 2 N–H and O–H groups in total. The van der Waals surface area contributed by atoms with Gasteiger partial charge >= 0.3 is 0 Å². The van der Waals surface area contributed by atoms with Crippen LogP contribution in [0.5, 0.6) is 0 Å². The zero-order valence-electron chi connectivity index (χ0n) is 66.8. The van der Waals surface area contributed by atoms with Crippen LogP contribution in [0.15, 0.2) is 97.1 Å². The fourth-order valence-corrected chi connectivity index (χ4v) is 13.3. The summed E-state index contributed by atoms with van der Waals surface area (Å²) in [5.41, 5.74) is 23.3. The molecule has 0 spiro atoms. The van der Waals surface area contributed by atoms with Gasteiger partial charge in [0.15, 0.2) is 54.3 Å².